The lowest BCUT2D eigenvalue weighted by Crippen LogP contribution is -2.45. The maximum absolute atomic E-state index is 13.0. The van der Waals surface area contributed by atoms with E-state index in [-0.39, 0.29) is 23.5 Å². The number of halogens is 1. The molecule has 2 heterocycles. The van der Waals surface area contributed by atoms with Gasteiger partial charge < -0.3 is 9.80 Å². The highest BCUT2D eigenvalue weighted by Crippen LogP contribution is 2.26. The third-order valence-corrected chi connectivity index (χ3v) is 5.33. The molecular weight excluding hydrogens is 319 g/mol. The minimum Gasteiger partial charge on any atom is -0.342 e. The SMILES string of the molecule is C[C@H]1C[C@H](C)CN(C(=O)[C@@H]2CC(=O)N(CCc3ccc(F)cc3)C2)C1. The Morgan fingerprint density at radius 3 is 2.40 bits per heavy atom. The van der Waals surface area contributed by atoms with Crippen molar-refractivity contribution in [1.29, 1.82) is 0 Å². The van der Waals surface area contributed by atoms with Crippen LogP contribution in [0.1, 0.15) is 32.3 Å². The van der Waals surface area contributed by atoms with E-state index < -0.39 is 0 Å². The van der Waals surface area contributed by atoms with Crippen LogP contribution in [0.4, 0.5) is 4.39 Å². The van der Waals surface area contributed by atoms with Crippen LogP contribution >= 0.6 is 0 Å². The number of carbonyl (C=O) groups is 2. The topological polar surface area (TPSA) is 40.6 Å². The van der Waals surface area contributed by atoms with Crippen molar-refractivity contribution in [1.82, 2.24) is 9.80 Å². The van der Waals surface area contributed by atoms with Gasteiger partial charge in [0.15, 0.2) is 0 Å². The molecule has 0 bridgehead atoms. The summed E-state index contributed by atoms with van der Waals surface area (Å²) < 4.78 is 13.0. The Morgan fingerprint density at radius 2 is 1.76 bits per heavy atom. The highest BCUT2D eigenvalue weighted by molar-refractivity contribution is 5.89. The first-order valence-electron chi connectivity index (χ1n) is 9.23. The summed E-state index contributed by atoms with van der Waals surface area (Å²) >= 11 is 0. The Hall–Kier alpha value is -1.91. The standard InChI is InChI=1S/C20H27FN2O2/c1-14-9-15(2)12-23(11-14)20(25)17-10-19(24)22(13-17)8-7-16-3-5-18(21)6-4-16/h3-6,14-15,17H,7-13H2,1-2H3/t14-,15-,17+/m0/s1. The van der Waals surface area contributed by atoms with Crippen molar-refractivity contribution in [3.8, 4) is 0 Å². The summed E-state index contributed by atoms with van der Waals surface area (Å²) in [6.45, 7) is 7.08. The number of piperidine rings is 1. The van der Waals surface area contributed by atoms with Crippen LogP contribution in [-0.4, -0.2) is 47.8 Å². The molecule has 3 rings (SSSR count). The average Bonchev–Trinajstić information content (AvgIpc) is 2.93. The maximum Gasteiger partial charge on any atom is 0.228 e. The molecule has 2 fully saturated rings. The molecule has 0 N–H and O–H groups in total. The zero-order valence-electron chi connectivity index (χ0n) is 15.1. The van der Waals surface area contributed by atoms with E-state index in [1.54, 1.807) is 17.0 Å². The predicted octanol–water partition coefficient (Wildman–Crippen LogP) is 2.72. The third-order valence-electron chi connectivity index (χ3n) is 5.33. The van der Waals surface area contributed by atoms with Gasteiger partial charge in [0, 0.05) is 32.6 Å². The van der Waals surface area contributed by atoms with Crippen molar-refractivity contribution < 1.29 is 14.0 Å². The highest BCUT2D eigenvalue weighted by atomic mass is 19.1. The molecule has 25 heavy (non-hydrogen) atoms. The fourth-order valence-electron chi connectivity index (χ4n) is 4.17. The molecule has 0 saturated carbocycles. The van der Waals surface area contributed by atoms with Crippen molar-refractivity contribution in [2.45, 2.75) is 33.1 Å². The summed E-state index contributed by atoms with van der Waals surface area (Å²) in [6, 6.07) is 6.36. The number of hydrogen-bond donors (Lipinski definition) is 0. The second-order valence-corrected chi connectivity index (χ2v) is 7.81. The first-order chi connectivity index (χ1) is 11.9. The maximum atomic E-state index is 13.0. The van der Waals surface area contributed by atoms with Crippen molar-refractivity contribution in [3.63, 3.8) is 0 Å². The van der Waals surface area contributed by atoms with Crippen LogP contribution in [0.2, 0.25) is 0 Å². The van der Waals surface area contributed by atoms with Gasteiger partial charge in [-0.1, -0.05) is 26.0 Å². The molecule has 136 valence electrons. The first kappa shape index (κ1) is 17.9. The lowest BCUT2D eigenvalue weighted by Gasteiger charge is -2.36. The summed E-state index contributed by atoms with van der Waals surface area (Å²) in [6.07, 6.45) is 2.17. The molecule has 5 heteroatoms. The van der Waals surface area contributed by atoms with Crippen LogP contribution in [0.25, 0.3) is 0 Å². The average molecular weight is 346 g/mol. The van der Waals surface area contributed by atoms with E-state index in [9.17, 15) is 14.0 Å². The van der Waals surface area contributed by atoms with Gasteiger partial charge in [0.2, 0.25) is 11.8 Å². The molecule has 2 aliphatic rings. The van der Waals surface area contributed by atoms with Gasteiger partial charge in [-0.3, -0.25) is 9.59 Å². The van der Waals surface area contributed by atoms with Gasteiger partial charge in [-0.2, -0.15) is 0 Å². The lowest BCUT2D eigenvalue weighted by molar-refractivity contribution is -0.138. The molecule has 0 aromatic heterocycles. The molecule has 0 spiro atoms. The lowest BCUT2D eigenvalue weighted by atomic mass is 9.91. The van der Waals surface area contributed by atoms with Crippen LogP contribution in [0.3, 0.4) is 0 Å². The molecule has 1 aromatic rings. The highest BCUT2D eigenvalue weighted by Gasteiger charge is 2.37. The van der Waals surface area contributed by atoms with Crippen LogP contribution in [0, 0.1) is 23.6 Å². The van der Waals surface area contributed by atoms with Gasteiger partial charge in [-0.15, -0.1) is 0 Å². The molecule has 3 atom stereocenters. The number of carbonyl (C=O) groups excluding carboxylic acids is 2. The summed E-state index contributed by atoms with van der Waals surface area (Å²) in [7, 11) is 0. The van der Waals surface area contributed by atoms with E-state index in [4.69, 9.17) is 0 Å². The van der Waals surface area contributed by atoms with Gasteiger partial charge in [0.25, 0.3) is 0 Å². The molecule has 1 aromatic carbocycles. The third kappa shape index (κ3) is 4.39. The molecular formula is C20H27FN2O2. The summed E-state index contributed by atoms with van der Waals surface area (Å²) in [4.78, 5) is 28.8. The van der Waals surface area contributed by atoms with E-state index in [2.05, 4.69) is 13.8 Å². The molecule has 2 aliphatic heterocycles. The monoisotopic (exact) mass is 346 g/mol. The van der Waals surface area contributed by atoms with Crippen molar-refractivity contribution in [3.05, 3.63) is 35.6 Å². The smallest absolute Gasteiger partial charge is 0.228 e. The molecule has 0 aliphatic carbocycles. The summed E-state index contributed by atoms with van der Waals surface area (Å²) in [5, 5.41) is 0. The van der Waals surface area contributed by atoms with Crippen molar-refractivity contribution in [2.24, 2.45) is 17.8 Å². The van der Waals surface area contributed by atoms with E-state index >= 15 is 0 Å². The molecule has 2 saturated heterocycles. The number of rotatable bonds is 4. The van der Waals surface area contributed by atoms with Crippen LogP contribution in [0.5, 0.6) is 0 Å². The second-order valence-electron chi connectivity index (χ2n) is 7.81. The Morgan fingerprint density at radius 1 is 1.12 bits per heavy atom. The van der Waals surface area contributed by atoms with Crippen LogP contribution < -0.4 is 0 Å². The molecule has 0 radical (unpaired) electrons. The van der Waals surface area contributed by atoms with Crippen molar-refractivity contribution >= 4 is 11.8 Å². The number of nitrogens with zero attached hydrogens (tertiary/aromatic N) is 2. The van der Waals surface area contributed by atoms with Gasteiger partial charge in [-0.05, 0) is 42.4 Å². The molecule has 0 unspecified atom stereocenters. The minimum atomic E-state index is -0.253. The largest absolute Gasteiger partial charge is 0.342 e. The molecule has 2 amide bonds. The van der Waals surface area contributed by atoms with Gasteiger partial charge in [-0.25, -0.2) is 4.39 Å². The fourth-order valence-corrected chi connectivity index (χ4v) is 4.17. The van der Waals surface area contributed by atoms with E-state index in [1.807, 2.05) is 4.90 Å². The normalized spacial score (nSPS) is 27.0. The second kappa shape index (κ2) is 7.54. The summed E-state index contributed by atoms with van der Waals surface area (Å²) in [5.41, 5.74) is 1.00. The van der Waals surface area contributed by atoms with Crippen LogP contribution in [0.15, 0.2) is 24.3 Å². The molecule has 4 nitrogen and oxygen atoms in total. The van der Waals surface area contributed by atoms with Gasteiger partial charge >= 0.3 is 0 Å². The number of likely N-dealkylation sites (tertiary alicyclic amines) is 2. The Bertz CT molecular complexity index is 621. The minimum absolute atomic E-state index is 0.0542. The van der Waals surface area contributed by atoms with Crippen LogP contribution in [-0.2, 0) is 16.0 Å². The van der Waals surface area contributed by atoms with E-state index in [0.717, 1.165) is 25.1 Å². The number of hydrogen-bond acceptors (Lipinski definition) is 2. The van der Waals surface area contributed by atoms with Gasteiger partial charge in [0.1, 0.15) is 5.82 Å². The van der Waals surface area contributed by atoms with Gasteiger partial charge in [0.05, 0.1) is 5.92 Å². The Balaban J connectivity index is 1.54. The Kier molecular flexibility index (Phi) is 5.40. The number of benzene rings is 1. The summed E-state index contributed by atoms with van der Waals surface area (Å²) in [5.74, 6) is 0.781. The van der Waals surface area contributed by atoms with Crippen molar-refractivity contribution in [2.75, 3.05) is 26.2 Å². The Labute approximate surface area is 149 Å². The van der Waals surface area contributed by atoms with E-state index in [0.29, 0.717) is 37.8 Å². The first-order valence-corrected chi connectivity index (χ1v) is 9.23. The quantitative estimate of drug-likeness (QED) is 0.841. The number of amides is 2. The fraction of sp³-hybridized carbons (Fsp3) is 0.600. The van der Waals surface area contributed by atoms with E-state index in [1.165, 1.54) is 12.1 Å². The zero-order valence-corrected chi connectivity index (χ0v) is 15.1. The predicted molar refractivity (Wildman–Crippen MR) is 94.3 cm³/mol. The zero-order chi connectivity index (χ0) is 18.0.